The monoisotopic (exact) mass is 219 g/mol. The average Bonchev–Trinajstić information content (AvgIpc) is 2.48. The maximum absolute atomic E-state index is 12.9. The van der Waals surface area contributed by atoms with E-state index >= 15 is 0 Å². The predicted molar refractivity (Wildman–Crippen MR) is 53.5 cm³/mol. The van der Waals surface area contributed by atoms with Crippen LogP contribution in [-0.2, 0) is 6.54 Å². The van der Waals surface area contributed by atoms with Gasteiger partial charge in [0.2, 0.25) is 0 Å². The Bertz CT molecular complexity index is 341. The third-order valence-corrected chi connectivity index (χ3v) is 2.50. The molecule has 1 unspecified atom stereocenters. The smallest absolute Gasteiger partial charge is 0.159 e. The van der Waals surface area contributed by atoms with Crippen LogP contribution >= 0.6 is 12.4 Å². The number of rotatable bonds is 1. The maximum atomic E-state index is 12.9. The van der Waals surface area contributed by atoms with E-state index in [0.717, 1.165) is 17.5 Å². The van der Waals surface area contributed by atoms with Crippen LogP contribution in [0, 0.1) is 11.6 Å². The Balaban J connectivity index is 0.000000980. The maximum Gasteiger partial charge on any atom is 0.159 e. The van der Waals surface area contributed by atoms with Gasteiger partial charge in [0.05, 0.1) is 0 Å². The van der Waals surface area contributed by atoms with Crippen molar-refractivity contribution in [2.75, 3.05) is 0 Å². The average molecular weight is 220 g/mol. The number of fused-ring (bicyclic) bond motifs is 1. The van der Waals surface area contributed by atoms with E-state index in [1.807, 2.05) is 6.92 Å². The van der Waals surface area contributed by atoms with Crippen molar-refractivity contribution in [3.8, 4) is 0 Å². The normalized spacial score (nSPS) is 18.9. The molecule has 0 saturated heterocycles. The fourth-order valence-corrected chi connectivity index (χ4v) is 1.79. The van der Waals surface area contributed by atoms with Gasteiger partial charge < -0.3 is 5.32 Å². The molecule has 1 aromatic rings. The minimum Gasteiger partial charge on any atom is -0.306 e. The van der Waals surface area contributed by atoms with E-state index in [1.54, 1.807) is 0 Å². The molecule has 14 heavy (non-hydrogen) atoms. The van der Waals surface area contributed by atoms with E-state index in [2.05, 4.69) is 5.32 Å². The third-order valence-electron chi connectivity index (χ3n) is 2.50. The lowest BCUT2D eigenvalue weighted by molar-refractivity contribution is 0.505. The van der Waals surface area contributed by atoms with Crippen molar-refractivity contribution in [3.63, 3.8) is 0 Å². The van der Waals surface area contributed by atoms with Crippen LogP contribution in [0.1, 0.15) is 30.5 Å². The summed E-state index contributed by atoms with van der Waals surface area (Å²) < 4.78 is 25.7. The molecule has 2 rings (SSSR count). The molecule has 1 aliphatic heterocycles. The molecule has 0 bridgehead atoms. The molecule has 1 nitrogen and oxygen atoms in total. The number of hydrogen-bond acceptors (Lipinski definition) is 1. The first kappa shape index (κ1) is 11.4. The van der Waals surface area contributed by atoms with Crippen LogP contribution < -0.4 is 5.32 Å². The second kappa shape index (κ2) is 4.24. The molecule has 0 aliphatic carbocycles. The fourth-order valence-electron chi connectivity index (χ4n) is 1.79. The third kappa shape index (κ3) is 1.74. The number of nitrogens with one attached hydrogen (secondary N) is 1. The topological polar surface area (TPSA) is 12.0 Å². The van der Waals surface area contributed by atoms with Gasteiger partial charge in [-0.05, 0) is 29.7 Å². The minimum atomic E-state index is -0.752. The molecule has 1 N–H and O–H groups in total. The summed E-state index contributed by atoms with van der Waals surface area (Å²) in [6.07, 6.45) is 0.901. The Labute approximate surface area is 87.9 Å². The summed E-state index contributed by atoms with van der Waals surface area (Å²) in [7, 11) is 0. The lowest BCUT2D eigenvalue weighted by atomic mass is 10.0. The van der Waals surface area contributed by atoms with E-state index in [9.17, 15) is 8.78 Å². The van der Waals surface area contributed by atoms with Gasteiger partial charge in [-0.25, -0.2) is 8.78 Å². The highest BCUT2D eigenvalue weighted by atomic mass is 35.5. The van der Waals surface area contributed by atoms with Crippen LogP contribution in [0.3, 0.4) is 0 Å². The van der Waals surface area contributed by atoms with Crippen LogP contribution in [0.4, 0.5) is 8.78 Å². The van der Waals surface area contributed by atoms with Gasteiger partial charge in [-0.2, -0.15) is 0 Å². The summed E-state index contributed by atoms with van der Waals surface area (Å²) in [5.41, 5.74) is 1.78. The van der Waals surface area contributed by atoms with Gasteiger partial charge in [-0.3, -0.25) is 0 Å². The molecule has 1 heterocycles. The van der Waals surface area contributed by atoms with Crippen molar-refractivity contribution in [1.82, 2.24) is 5.32 Å². The molecule has 4 heteroatoms. The van der Waals surface area contributed by atoms with Crippen LogP contribution in [0.25, 0.3) is 0 Å². The fraction of sp³-hybridized carbons (Fsp3) is 0.400. The van der Waals surface area contributed by atoms with E-state index < -0.39 is 11.6 Å². The van der Waals surface area contributed by atoms with Gasteiger partial charge in [0, 0.05) is 12.6 Å². The summed E-state index contributed by atoms with van der Waals surface area (Å²) in [5, 5.41) is 3.19. The van der Waals surface area contributed by atoms with E-state index in [4.69, 9.17) is 0 Å². The lowest BCUT2D eigenvalue weighted by Gasteiger charge is -2.08. The zero-order valence-corrected chi connectivity index (χ0v) is 8.63. The summed E-state index contributed by atoms with van der Waals surface area (Å²) in [4.78, 5) is 0. The van der Waals surface area contributed by atoms with Crippen LogP contribution in [0.2, 0.25) is 0 Å². The molecule has 0 aromatic heterocycles. The summed E-state index contributed by atoms with van der Waals surface area (Å²) in [6, 6.07) is 2.77. The van der Waals surface area contributed by atoms with Crippen LogP contribution in [0.15, 0.2) is 12.1 Å². The lowest BCUT2D eigenvalue weighted by Crippen LogP contribution is -2.10. The Morgan fingerprint density at radius 3 is 2.64 bits per heavy atom. The van der Waals surface area contributed by atoms with Gasteiger partial charge in [-0.1, -0.05) is 6.92 Å². The highest BCUT2D eigenvalue weighted by Gasteiger charge is 2.22. The largest absolute Gasteiger partial charge is 0.306 e. The Morgan fingerprint density at radius 1 is 1.36 bits per heavy atom. The number of hydrogen-bond donors (Lipinski definition) is 1. The highest BCUT2D eigenvalue weighted by molar-refractivity contribution is 5.85. The first-order valence-corrected chi connectivity index (χ1v) is 4.43. The number of halogens is 3. The minimum absolute atomic E-state index is 0. The van der Waals surface area contributed by atoms with E-state index in [1.165, 1.54) is 12.1 Å². The van der Waals surface area contributed by atoms with Gasteiger partial charge >= 0.3 is 0 Å². The van der Waals surface area contributed by atoms with Gasteiger partial charge in [-0.15, -0.1) is 12.4 Å². The van der Waals surface area contributed by atoms with Crippen molar-refractivity contribution in [3.05, 3.63) is 34.9 Å². The molecule has 1 aliphatic rings. The molecular weight excluding hydrogens is 208 g/mol. The predicted octanol–water partition coefficient (Wildman–Crippen LogP) is 2.94. The van der Waals surface area contributed by atoms with Crippen molar-refractivity contribution in [2.24, 2.45) is 0 Å². The first-order chi connectivity index (χ1) is 6.22. The van der Waals surface area contributed by atoms with Crippen molar-refractivity contribution < 1.29 is 8.78 Å². The molecule has 1 aromatic carbocycles. The van der Waals surface area contributed by atoms with Gasteiger partial charge in [0.1, 0.15) is 0 Å². The first-order valence-electron chi connectivity index (χ1n) is 4.43. The highest BCUT2D eigenvalue weighted by Crippen LogP contribution is 2.29. The molecule has 0 radical (unpaired) electrons. The zero-order valence-electron chi connectivity index (χ0n) is 7.81. The Hall–Kier alpha value is -0.670. The van der Waals surface area contributed by atoms with E-state index in [-0.39, 0.29) is 18.4 Å². The second-order valence-corrected chi connectivity index (χ2v) is 3.31. The molecule has 1 atom stereocenters. The molecule has 0 saturated carbocycles. The summed E-state index contributed by atoms with van der Waals surface area (Å²) >= 11 is 0. The quantitative estimate of drug-likeness (QED) is 0.766. The van der Waals surface area contributed by atoms with Crippen molar-refractivity contribution in [1.29, 1.82) is 0 Å². The molecule has 0 amide bonds. The van der Waals surface area contributed by atoms with E-state index in [0.29, 0.717) is 6.54 Å². The summed E-state index contributed by atoms with van der Waals surface area (Å²) in [6.45, 7) is 2.67. The van der Waals surface area contributed by atoms with Crippen molar-refractivity contribution >= 4 is 12.4 Å². The molecular formula is C10H12ClF2N. The Morgan fingerprint density at radius 2 is 2.00 bits per heavy atom. The summed E-state index contributed by atoms with van der Waals surface area (Å²) in [5.74, 6) is -1.50. The zero-order chi connectivity index (χ0) is 9.42. The Kier molecular flexibility index (Phi) is 3.45. The molecule has 0 spiro atoms. The van der Waals surface area contributed by atoms with Crippen molar-refractivity contribution in [2.45, 2.75) is 25.9 Å². The molecule has 0 fully saturated rings. The van der Waals surface area contributed by atoms with Crippen LogP contribution in [0.5, 0.6) is 0 Å². The number of benzene rings is 1. The molecule has 78 valence electrons. The van der Waals surface area contributed by atoms with Gasteiger partial charge in [0.15, 0.2) is 11.6 Å². The standard InChI is InChI=1S/C10H11F2N.ClH/c1-2-10-7-4-9(12)8(11)3-6(7)5-13-10;/h3-4,10,13H,2,5H2,1H3;1H. The SMILES string of the molecule is CCC1NCc2cc(F)c(F)cc21.Cl. The van der Waals surface area contributed by atoms with Gasteiger partial charge in [0.25, 0.3) is 0 Å². The second-order valence-electron chi connectivity index (χ2n) is 3.31. The van der Waals surface area contributed by atoms with Crippen LogP contribution in [-0.4, -0.2) is 0 Å².